The van der Waals surface area contributed by atoms with Gasteiger partial charge in [-0.05, 0) is 71.5 Å². The molecule has 0 N–H and O–H groups in total. The quantitative estimate of drug-likeness (QED) is 0.239. The molecule has 0 fully saturated rings. The number of hydrogen-bond acceptors (Lipinski definition) is 4. The Kier molecular flexibility index (Phi) is 12.1. The summed E-state index contributed by atoms with van der Waals surface area (Å²) in [5.74, 6) is 1.90. The summed E-state index contributed by atoms with van der Waals surface area (Å²) < 4.78 is 22.6. The lowest BCUT2D eigenvalue weighted by Crippen LogP contribution is -2.04. The summed E-state index contributed by atoms with van der Waals surface area (Å²) in [6.07, 6.45) is 20.8. The first kappa shape index (κ1) is 28.7. The molecule has 4 nitrogen and oxygen atoms in total. The molecule has 2 aliphatic rings. The third-order valence-corrected chi connectivity index (χ3v) is 8.06. The number of methoxy groups -OCH3 is 2. The van der Waals surface area contributed by atoms with Gasteiger partial charge >= 0.3 is 0 Å². The number of fused-ring (bicyclic) bond motifs is 15. The van der Waals surface area contributed by atoms with E-state index in [0.29, 0.717) is 0 Å². The van der Waals surface area contributed by atoms with Crippen molar-refractivity contribution in [1.29, 1.82) is 0 Å². The molecule has 0 atom stereocenters. The van der Waals surface area contributed by atoms with E-state index in [1.54, 1.807) is 14.2 Å². The average molecular weight is 521 g/mol. The lowest BCUT2D eigenvalue weighted by atomic mass is 9.92. The first-order valence-electron chi connectivity index (χ1n) is 15.1. The highest BCUT2D eigenvalue weighted by molar-refractivity contribution is 6.02. The minimum Gasteiger partial charge on any atom is -0.467 e. The standard InChI is InChI=1S/C34H48O4/c1-35-25-37-33-21-19-27-24-32-28-20-22-34(38-26-36-2)30(32)18-16-14-12-10-8-6-4-3-5-7-9-11-13-15-17-29(33)31(27)23-28/h19-24H,3-18,25-26H2,1-2H3. The SMILES string of the molecule is COCOc1ccc2cc3c4c(OCOC)ccc3cc2c1CCCCCCCCCCCCCCCC4. The van der Waals surface area contributed by atoms with Gasteiger partial charge in [0.1, 0.15) is 11.5 Å². The molecular weight excluding hydrogens is 472 g/mol. The minimum atomic E-state index is 0.274. The van der Waals surface area contributed by atoms with Gasteiger partial charge in [0.2, 0.25) is 0 Å². The highest BCUT2D eigenvalue weighted by atomic mass is 16.7. The molecular formula is C34H48O4. The second-order valence-electron chi connectivity index (χ2n) is 10.9. The average Bonchev–Trinajstić information content (AvgIpc) is 2.94. The lowest BCUT2D eigenvalue weighted by Gasteiger charge is -2.17. The predicted molar refractivity (Wildman–Crippen MR) is 159 cm³/mol. The Balaban J connectivity index is 1.68. The summed E-state index contributed by atoms with van der Waals surface area (Å²) in [4.78, 5) is 0. The van der Waals surface area contributed by atoms with Gasteiger partial charge in [0.15, 0.2) is 13.6 Å². The van der Waals surface area contributed by atoms with Crippen LogP contribution in [0.3, 0.4) is 0 Å². The Labute approximate surface area is 230 Å². The maximum absolute atomic E-state index is 6.04. The Morgan fingerprint density at radius 1 is 0.474 bits per heavy atom. The summed E-state index contributed by atoms with van der Waals surface area (Å²) in [7, 11) is 3.36. The van der Waals surface area contributed by atoms with Crippen molar-refractivity contribution in [2.75, 3.05) is 27.8 Å². The van der Waals surface area contributed by atoms with E-state index in [4.69, 9.17) is 18.9 Å². The Morgan fingerprint density at radius 3 is 1.16 bits per heavy atom. The van der Waals surface area contributed by atoms with E-state index >= 15 is 0 Å². The van der Waals surface area contributed by atoms with Gasteiger partial charge in [-0.25, -0.2) is 0 Å². The molecule has 0 radical (unpaired) electrons. The molecule has 208 valence electrons. The van der Waals surface area contributed by atoms with Gasteiger partial charge < -0.3 is 18.9 Å². The van der Waals surface area contributed by atoms with Crippen molar-refractivity contribution in [2.45, 2.75) is 103 Å². The third kappa shape index (κ3) is 8.10. The number of hydrogen-bond donors (Lipinski definition) is 0. The molecule has 5 rings (SSSR count). The summed E-state index contributed by atoms with van der Waals surface area (Å²) in [6, 6.07) is 13.4. The lowest BCUT2D eigenvalue weighted by molar-refractivity contribution is 0.0503. The molecule has 0 spiro atoms. The molecule has 0 amide bonds. The zero-order valence-electron chi connectivity index (χ0n) is 23.8. The van der Waals surface area contributed by atoms with E-state index < -0.39 is 0 Å². The highest BCUT2D eigenvalue weighted by Gasteiger charge is 2.15. The summed E-state index contributed by atoms with van der Waals surface area (Å²) in [5, 5.41) is 5.13. The van der Waals surface area contributed by atoms with Crippen molar-refractivity contribution >= 4 is 21.5 Å². The molecule has 38 heavy (non-hydrogen) atoms. The molecule has 4 heteroatoms. The first-order valence-corrected chi connectivity index (χ1v) is 15.1. The van der Waals surface area contributed by atoms with Crippen LogP contribution in [0.1, 0.15) is 101 Å². The van der Waals surface area contributed by atoms with E-state index in [-0.39, 0.29) is 13.6 Å². The topological polar surface area (TPSA) is 36.9 Å². The van der Waals surface area contributed by atoms with Crippen LogP contribution in [-0.2, 0) is 22.3 Å². The van der Waals surface area contributed by atoms with Gasteiger partial charge in [-0.1, -0.05) is 89.2 Å². The largest absolute Gasteiger partial charge is 0.467 e. The molecule has 0 aliphatic heterocycles. The van der Waals surface area contributed by atoms with Crippen molar-refractivity contribution in [3.63, 3.8) is 0 Å². The maximum Gasteiger partial charge on any atom is 0.188 e. The molecule has 3 aromatic carbocycles. The highest BCUT2D eigenvalue weighted by Crippen LogP contribution is 2.37. The summed E-state index contributed by atoms with van der Waals surface area (Å²) in [5.41, 5.74) is 2.62. The molecule has 0 aromatic heterocycles. The van der Waals surface area contributed by atoms with Crippen LogP contribution in [0.4, 0.5) is 0 Å². The molecule has 0 saturated heterocycles. The van der Waals surface area contributed by atoms with Crippen LogP contribution in [0.15, 0.2) is 36.4 Å². The van der Waals surface area contributed by atoms with Gasteiger partial charge in [-0.2, -0.15) is 0 Å². The minimum absolute atomic E-state index is 0.274. The van der Waals surface area contributed by atoms with Crippen LogP contribution in [-0.4, -0.2) is 27.8 Å². The zero-order valence-corrected chi connectivity index (χ0v) is 23.8. The molecule has 0 unspecified atom stereocenters. The normalized spacial score (nSPS) is 17.0. The number of rotatable bonds is 6. The number of aryl methyl sites for hydroxylation is 2. The van der Waals surface area contributed by atoms with Crippen LogP contribution >= 0.6 is 0 Å². The van der Waals surface area contributed by atoms with Crippen LogP contribution < -0.4 is 9.47 Å². The Hall–Kier alpha value is -2.30. The van der Waals surface area contributed by atoms with E-state index in [1.165, 1.54) is 123 Å². The first-order chi connectivity index (χ1) is 18.8. The van der Waals surface area contributed by atoms with Gasteiger partial charge in [-0.15, -0.1) is 0 Å². The number of ether oxygens (including phenoxy) is 4. The second-order valence-corrected chi connectivity index (χ2v) is 10.9. The van der Waals surface area contributed by atoms with Crippen LogP contribution in [0.2, 0.25) is 0 Å². The van der Waals surface area contributed by atoms with Crippen molar-refractivity contribution < 1.29 is 18.9 Å². The summed E-state index contributed by atoms with van der Waals surface area (Å²) in [6.45, 7) is 0.548. The fraction of sp³-hybridized carbons (Fsp3) is 0.588. The van der Waals surface area contributed by atoms with Gasteiger partial charge in [0.05, 0.1) is 0 Å². The van der Waals surface area contributed by atoms with Crippen LogP contribution in [0, 0.1) is 0 Å². The predicted octanol–water partition coefficient (Wildman–Crippen LogP) is 9.52. The molecule has 2 aliphatic carbocycles. The van der Waals surface area contributed by atoms with E-state index in [2.05, 4.69) is 36.4 Å². The van der Waals surface area contributed by atoms with E-state index in [0.717, 1.165) is 24.3 Å². The third-order valence-electron chi connectivity index (χ3n) is 8.06. The van der Waals surface area contributed by atoms with Crippen molar-refractivity contribution in [3.8, 4) is 11.5 Å². The smallest absolute Gasteiger partial charge is 0.188 e. The van der Waals surface area contributed by atoms with Crippen molar-refractivity contribution in [3.05, 3.63) is 47.5 Å². The molecule has 3 aromatic rings. The van der Waals surface area contributed by atoms with Gasteiger partial charge in [-0.3, -0.25) is 0 Å². The molecule has 0 saturated carbocycles. The van der Waals surface area contributed by atoms with E-state index in [9.17, 15) is 0 Å². The Bertz CT molecular complexity index is 1030. The maximum atomic E-state index is 6.04. The monoisotopic (exact) mass is 520 g/mol. The van der Waals surface area contributed by atoms with Gasteiger partial charge in [0, 0.05) is 25.3 Å². The van der Waals surface area contributed by atoms with Crippen LogP contribution in [0.5, 0.6) is 11.5 Å². The summed E-state index contributed by atoms with van der Waals surface area (Å²) >= 11 is 0. The van der Waals surface area contributed by atoms with E-state index in [1.807, 2.05) is 0 Å². The van der Waals surface area contributed by atoms with Crippen molar-refractivity contribution in [1.82, 2.24) is 0 Å². The van der Waals surface area contributed by atoms with Gasteiger partial charge in [0.25, 0.3) is 0 Å². The molecule has 0 heterocycles. The fourth-order valence-electron chi connectivity index (χ4n) is 5.99. The molecule has 6 bridgehead atoms. The second kappa shape index (κ2) is 16.0. The zero-order chi connectivity index (χ0) is 26.4. The fourth-order valence-corrected chi connectivity index (χ4v) is 5.99. The Morgan fingerprint density at radius 2 is 0.816 bits per heavy atom. The van der Waals surface area contributed by atoms with Crippen LogP contribution in [0.25, 0.3) is 21.5 Å². The van der Waals surface area contributed by atoms with Crippen molar-refractivity contribution in [2.24, 2.45) is 0 Å². The number of benzene rings is 3.